The number of hydrogen-bond acceptors (Lipinski definition) is 1. The number of rotatable bonds is 5. The zero-order valence-electron chi connectivity index (χ0n) is 10.1. The Bertz CT molecular complexity index is 341. The Kier molecular flexibility index (Phi) is 5.07. The summed E-state index contributed by atoms with van der Waals surface area (Å²) in [6, 6.07) is 5.11. The normalized spacial score (nSPS) is 12.6. The summed E-state index contributed by atoms with van der Waals surface area (Å²) < 4.78 is 13.5. The van der Waals surface area contributed by atoms with E-state index in [4.69, 9.17) is 11.6 Å². The van der Waals surface area contributed by atoms with E-state index in [0.29, 0.717) is 11.5 Å². The van der Waals surface area contributed by atoms with Crippen molar-refractivity contribution in [2.24, 2.45) is 5.92 Å². The van der Waals surface area contributed by atoms with Gasteiger partial charge in [0.1, 0.15) is 5.82 Å². The Morgan fingerprint density at radius 3 is 2.69 bits per heavy atom. The van der Waals surface area contributed by atoms with Gasteiger partial charge < -0.3 is 4.90 Å². The van der Waals surface area contributed by atoms with E-state index in [2.05, 4.69) is 18.7 Å². The topological polar surface area (TPSA) is 3.24 Å². The average molecular weight is 244 g/mol. The molecule has 0 aliphatic carbocycles. The molecule has 0 fully saturated rings. The molecule has 0 aliphatic heterocycles. The van der Waals surface area contributed by atoms with Gasteiger partial charge in [0.15, 0.2) is 0 Å². The third-order valence-electron chi connectivity index (χ3n) is 2.92. The number of nitrogens with zero attached hydrogens (tertiary/aromatic N) is 1. The Balaban J connectivity index is 2.90. The first-order valence-electron chi connectivity index (χ1n) is 5.64. The fourth-order valence-corrected chi connectivity index (χ4v) is 2.00. The molecule has 0 saturated heterocycles. The van der Waals surface area contributed by atoms with Crippen LogP contribution in [0.2, 0.25) is 0 Å². The molecule has 0 spiro atoms. The lowest BCUT2D eigenvalue weighted by atomic mass is 10.1. The molecule has 0 heterocycles. The Hall–Kier alpha value is -0.760. The maximum atomic E-state index is 13.5. The smallest absolute Gasteiger partial charge is 0.129 e. The van der Waals surface area contributed by atoms with Crippen molar-refractivity contribution in [2.45, 2.75) is 26.1 Å². The fourth-order valence-electron chi connectivity index (χ4n) is 1.73. The summed E-state index contributed by atoms with van der Waals surface area (Å²) in [5, 5.41) is 0. The Morgan fingerprint density at radius 1 is 1.44 bits per heavy atom. The van der Waals surface area contributed by atoms with Crippen molar-refractivity contribution in [1.29, 1.82) is 0 Å². The quantitative estimate of drug-likeness (QED) is 0.706. The summed E-state index contributed by atoms with van der Waals surface area (Å²) in [6.07, 6.45) is 1.12. The lowest BCUT2D eigenvalue weighted by Crippen LogP contribution is -2.24. The molecule has 0 radical (unpaired) electrons. The van der Waals surface area contributed by atoms with Gasteiger partial charge in [-0.05, 0) is 18.1 Å². The molecule has 0 saturated carbocycles. The van der Waals surface area contributed by atoms with Crippen molar-refractivity contribution in [3.8, 4) is 0 Å². The molecule has 0 amide bonds. The largest absolute Gasteiger partial charge is 0.374 e. The van der Waals surface area contributed by atoms with Crippen LogP contribution in [0.4, 0.5) is 10.1 Å². The predicted octanol–water partition coefficient (Wildman–Crippen LogP) is 4.05. The van der Waals surface area contributed by atoms with Crippen LogP contribution in [0, 0.1) is 11.7 Å². The molecule has 16 heavy (non-hydrogen) atoms. The van der Waals surface area contributed by atoms with Crippen molar-refractivity contribution in [1.82, 2.24) is 0 Å². The minimum Gasteiger partial charge on any atom is -0.374 e. The molecule has 0 bridgehead atoms. The number of alkyl halides is 1. The highest BCUT2D eigenvalue weighted by Crippen LogP contribution is 2.24. The highest BCUT2D eigenvalue weighted by atomic mass is 35.5. The van der Waals surface area contributed by atoms with Crippen LogP contribution >= 0.6 is 11.6 Å². The van der Waals surface area contributed by atoms with E-state index in [9.17, 15) is 4.39 Å². The summed E-state index contributed by atoms with van der Waals surface area (Å²) in [5.41, 5.74) is 1.49. The van der Waals surface area contributed by atoms with Crippen molar-refractivity contribution in [3.05, 3.63) is 29.6 Å². The molecular formula is C13H19ClFN. The van der Waals surface area contributed by atoms with E-state index in [1.807, 2.05) is 13.1 Å². The zero-order chi connectivity index (χ0) is 12.1. The number of benzene rings is 1. The predicted molar refractivity (Wildman–Crippen MR) is 68.7 cm³/mol. The van der Waals surface area contributed by atoms with Crippen LogP contribution in [0.25, 0.3) is 0 Å². The molecule has 1 unspecified atom stereocenters. The van der Waals surface area contributed by atoms with Crippen LogP contribution in [0.15, 0.2) is 18.2 Å². The number of anilines is 1. The van der Waals surface area contributed by atoms with Gasteiger partial charge in [-0.3, -0.25) is 0 Å². The molecule has 90 valence electrons. The molecule has 1 rings (SSSR count). The summed E-state index contributed by atoms with van der Waals surface area (Å²) in [7, 11) is 1.98. The van der Waals surface area contributed by atoms with Gasteiger partial charge in [0.2, 0.25) is 0 Å². The van der Waals surface area contributed by atoms with Crippen LogP contribution < -0.4 is 4.90 Å². The van der Waals surface area contributed by atoms with Crippen LogP contribution in [0.1, 0.15) is 25.8 Å². The third kappa shape index (κ3) is 3.11. The zero-order valence-corrected chi connectivity index (χ0v) is 10.9. The molecule has 3 heteroatoms. The van der Waals surface area contributed by atoms with E-state index in [0.717, 1.165) is 18.7 Å². The van der Waals surface area contributed by atoms with E-state index in [1.165, 1.54) is 6.07 Å². The monoisotopic (exact) mass is 243 g/mol. The average Bonchev–Trinajstić information content (AvgIpc) is 2.28. The minimum atomic E-state index is -0.219. The van der Waals surface area contributed by atoms with Gasteiger partial charge in [0, 0.05) is 24.8 Å². The van der Waals surface area contributed by atoms with Gasteiger partial charge in [0.05, 0.1) is 5.88 Å². The number of halogens is 2. The lowest BCUT2D eigenvalue weighted by Gasteiger charge is -2.25. The highest BCUT2D eigenvalue weighted by Gasteiger charge is 2.12. The second kappa shape index (κ2) is 6.09. The van der Waals surface area contributed by atoms with Crippen molar-refractivity contribution >= 4 is 17.3 Å². The van der Waals surface area contributed by atoms with E-state index in [1.54, 1.807) is 6.07 Å². The van der Waals surface area contributed by atoms with Crippen LogP contribution in [-0.4, -0.2) is 13.6 Å². The summed E-state index contributed by atoms with van der Waals surface area (Å²) >= 11 is 5.79. The fraction of sp³-hybridized carbons (Fsp3) is 0.538. The Labute approximate surface area is 102 Å². The van der Waals surface area contributed by atoms with Gasteiger partial charge in [-0.2, -0.15) is 0 Å². The van der Waals surface area contributed by atoms with Gasteiger partial charge in [-0.25, -0.2) is 4.39 Å². The van der Waals surface area contributed by atoms with Crippen molar-refractivity contribution < 1.29 is 4.39 Å². The first-order valence-corrected chi connectivity index (χ1v) is 6.18. The van der Waals surface area contributed by atoms with Crippen LogP contribution in [0.5, 0.6) is 0 Å². The molecule has 0 aliphatic rings. The van der Waals surface area contributed by atoms with Gasteiger partial charge >= 0.3 is 0 Å². The summed E-state index contributed by atoms with van der Waals surface area (Å²) in [6.45, 7) is 5.27. The summed E-state index contributed by atoms with van der Waals surface area (Å²) in [5.74, 6) is 0.590. The van der Waals surface area contributed by atoms with E-state index >= 15 is 0 Å². The first-order chi connectivity index (χ1) is 7.60. The first kappa shape index (κ1) is 13.3. The molecule has 1 atom stereocenters. The van der Waals surface area contributed by atoms with Crippen LogP contribution in [0.3, 0.4) is 0 Å². The second-order valence-corrected chi connectivity index (χ2v) is 4.53. The van der Waals surface area contributed by atoms with Crippen LogP contribution in [-0.2, 0) is 5.88 Å². The SMILES string of the molecule is CCC(C)CN(C)c1cccc(F)c1CCl. The molecule has 0 aromatic heterocycles. The number of hydrogen-bond donors (Lipinski definition) is 0. The minimum absolute atomic E-state index is 0.215. The standard InChI is InChI=1S/C13H19ClFN/c1-4-10(2)9-16(3)13-7-5-6-12(15)11(13)8-14/h5-7,10H,4,8-9H2,1-3H3. The van der Waals surface area contributed by atoms with Gasteiger partial charge in [-0.1, -0.05) is 26.3 Å². The molecule has 1 nitrogen and oxygen atoms in total. The lowest BCUT2D eigenvalue weighted by molar-refractivity contribution is 0.557. The van der Waals surface area contributed by atoms with Gasteiger partial charge in [-0.15, -0.1) is 11.6 Å². The molecule has 1 aromatic carbocycles. The van der Waals surface area contributed by atoms with Crippen molar-refractivity contribution in [2.75, 3.05) is 18.5 Å². The maximum absolute atomic E-state index is 13.5. The molecule has 0 N–H and O–H groups in total. The second-order valence-electron chi connectivity index (χ2n) is 4.27. The van der Waals surface area contributed by atoms with Crippen molar-refractivity contribution in [3.63, 3.8) is 0 Å². The third-order valence-corrected chi connectivity index (χ3v) is 3.19. The summed E-state index contributed by atoms with van der Waals surface area (Å²) in [4.78, 5) is 2.08. The van der Waals surface area contributed by atoms with Gasteiger partial charge in [0.25, 0.3) is 0 Å². The molecular weight excluding hydrogens is 225 g/mol. The van der Waals surface area contributed by atoms with E-state index in [-0.39, 0.29) is 11.7 Å². The molecule has 1 aromatic rings. The maximum Gasteiger partial charge on any atom is 0.129 e. The van der Waals surface area contributed by atoms with E-state index < -0.39 is 0 Å². The highest BCUT2D eigenvalue weighted by molar-refractivity contribution is 6.17. The Morgan fingerprint density at radius 2 is 2.12 bits per heavy atom.